The summed E-state index contributed by atoms with van der Waals surface area (Å²) in [5.74, 6) is 1.41. The quantitative estimate of drug-likeness (QED) is 0.641. The molecule has 1 saturated heterocycles. The number of hydrogen-bond donors (Lipinski definition) is 1. The Kier molecular flexibility index (Phi) is 4.91. The lowest BCUT2D eigenvalue weighted by Gasteiger charge is -2.22. The van der Waals surface area contributed by atoms with Gasteiger partial charge in [0.25, 0.3) is 5.91 Å². The average molecular weight is 441 g/mol. The highest BCUT2D eigenvalue weighted by Crippen LogP contribution is 2.47. The van der Waals surface area contributed by atoms with Gasteiger partial charge in [-0.05, 0) is 48.6 Å². The Labute approximate surface area is 181 Å². The van der Waals surface area contributed by atoms with Gasteiger partial charge in [-0.25, -0.2) is 15.0 Å². The average Bonchev–Trinajstić information content (AvgIpc) is 3.39. The van der Waals surface area contributed by atoms with Crippen LogP contribution in [0.2, 0.25) is 0 Å². The Morgan fingerprint density at radius 3 is 2.41 bits per heavy atom. The first-order valence-corrected chi connectivity index (χ1v) is 10.0. The van der Waals surface area contributed by atoms with Crippen LogP contribution in [0.3, 0.4) is 0 Å². The van der Waals surface area contributed by atoms with E-state index >= 15 is 0 Å². The van der Waals surface area contributed by atoms with Crippen LogP contribution >= 0.6 is 0 Å². The molecule has 5 rings (SSSR count). The number of hydrogen-bond acceptors (Lipinski definition) is 6. The molecule has 0 spiro atoms. The Morgan fingerprint density at radius 1 is 1.06 bits per heavy atom. The monoisotopic (exact) mass is 441 g/mol. The van der Waals surface area contributed by atoms with Crippen molar-refractivity contribution in [2.24, 2.45) is 11.8 Å². The number of nitrogens with zero attached hydrogens (tertiary/aromatic N) is 4. The van der Waals surface area contributed by atoms with Gasteiger partial charge in [-0.2, -0.15) is 0 Å². The van der Waals surface area contributed by atoms with E-state index in [-0.39, 0.29) is 5.75 Å². The third-order valence-corrected chi connectivity index (χ3v) is 5.62. The van der Waals surface area contributed by atoms with Gasteiger partial charge in [0.2, 0.25) is 0 Å². The molecule has 1 aliphatic heterocycles. The van der Waals surface area contributed by atoms with Crippen molar-refractivity contribution in [1.82, 2.24) is 15.0 Å². The first-order valence-electron chi connectivity index (χ1n) is 10.0. The number of ether oxygens (including phenoxy) is 1. The summed E-state index contributed by atoms with van der Waals surface area (Å²) >= 11 is 0. The van der Waals surface area contributed by atoms with Gasteiger partial charge in [0.1, 0.15) is 17.9 Å². The highest BCUT2D eigenvalue weighted by atomic mass is 19.4. The first-order chi connectivity index (χ1) is 15.4. The molecule has 3 aromatic rings. The second kappa shape index (κ2) is 7.77. The SMILES string of the molecule is O=C(Nc1ccc(OC(F)(F)F)cc1)c1cnc(N2C[C@H]3C[C@H]3C2)c(-c2cncnc2)c1. The van der Waals surface area contributed by atoms with Gasteiger partial charge in [0.15, 0.2) is 0 Å². The number of pyridine rings is 1. The van der Waals surface area contributed by atoms with Crippen LogP contribution in [0.4, 0.5) is 24.7 Å². The molecule has 2 aromatic heterocycles. The number of carbonyl (C=O) groups excluding carboxylic acids is 1. The zero-order chi connectivity index (χ0) is 22.3. The van der Waals surface area contributed by atoms with Crippen molar-refractivity contribution in [1.29, 1.82) is 0 Å². The number of halogens is 3. The first kappa shape index (κ1) is 20.2. The van der Waals surface area contributed by atoms with E-state index in [2.05, 4.69) is 29.9 Å². The van der Waals surface area contributed by atoms with Crippen LogP contribution in [0.25, 0.3) is 11.1 Å². The second-order valence-electron chi connectivity index (χ2n) is 7.91. The molecule has 10 heteroatoms. The summed E-state index contributed by atoms with van der Waals surface area (Å²) in [5.41, 5.74) is 2.15. The van der Waals surface area contributed by atoms with Crippen LogP contribution < -0.4 is 15.0 Å². The Morgan fingerprint density at radius 2 is 1.75 bits per heavy atom. The minimum atomic E-state index is -4.77. The zero-order valence-corrected chi connectivity index (χ0v) is 16.7. The fourth-order valence-electron chi connectivity index (χ4n) is 4.00. The van der Waals surface area contributed by atoms with Crippen LogP contribution in [0.15, 0.2) is 55.2 Å². The number of aromatic nitrogens is 3. The number of benzene rings is 1. The molecule has 1 saturated carbocycles. The normalized spacial score (nSPS) is 19.4. The molecule has 2 aliphatic rings. The van der Waals surface area contributed by atoms with E-state index in [0.29, 0.717) is 23.1 Å². The van der Waals surface area contributed by atoms with Crippen LogP contribution in [-0.2, 0) is 0 Å². The van der Waals surface area contributed by atoms with E-state index in [0.717, 1.165) is 42.2 Å². The number of rotatable bonds is 5. The molecule has 0 bridgehead atoms. The number of fused-ring (bicyclic) bond motifs is 1. The summed E-state index contributed by atoms with van der Waals surface area (Å²) in [6, 6.07) is 6.68. The second-order valence-corrected chi connectivity index (χ2v) is 7.91. The van der Waals surface area contributed by atoms with Crippen molar-refractivity contribution < 1.29 is 22.7 Å². The Bertz CT molecular complexity index is 1130. The largest absolute Gasteiger partial charge is 0.573 e. The topological polar surface area (TPSA) is 80.2 Å². The number of anilines is 2. The van der Waals surface area contributed by atoms with Gasteiger partial charge in [-0.1, -0.05) is 0 Å². The standard InChI is InChI=1S/C22H18F3N5O2/c23-22(24,25)32-18-3-1-17(2-4-18)29-21(31)13-6-19(16-7-26-12-27-8-16)20(28-9-13)30-10-14-5-15(14)11-30/h1-4,6-9,12,14-15H,5,10-11H2,(H,29,31)/t14-,15+. The van der Waals surface area contributed by atoms with Gasteiger partial charge in [-0.15, -0.1) is 13.2 Å². The molecule has 0 unspecified atom stereocenters. The number of carbonyl (C=O) groups is 1. The predicted octanol–water partition coefficient (Wildman–Crippen LogP) is 4.15. The fraction of sp³-hybridized carbons (Fsp3) is 0.273. The molecule has 1 N–H and O–H groups in total. The van der Waals surface area contributed by atoms with Crippen molar-refractivity contribution >= 4 is 17.4 Å². The van der Waals surface area contributed by atoms with Gasteiger partial charge >= 0.3 is 6.36 Å². The molecule has 3 heterocycles. The summed E-state index contributed by atoms with van der Waals surface area (Å²) in [6.07, 6.45) is 2.77. The molecule has 1 aromatic carbocycles. The summed E-state index contributed by atoms with van der Waals surface area (Å²) in [4.78, 5) is 27.8. The Balaban J connectivity index is 1.38. The van der Waals surface area contributed by atoms with Crippen molar-refractivity contribution in [3.05, 3.63) is 60.8 Å². The molecule has 1 aliphatic carbocycles. The fourth-order valence-corrected chi connectivity index (χ4v) is 4.00. The van der Waals surface area contributed by atoms with E-state index < -0.39 is 12.3 Å². The maximum atomic E-state index is 12.8. The smallest absolute Gasteiger partial charge is 0.406 e. The molecule has 2 atom stereocenters. The molecule has 0 radical (unpaired) electrons. The van der Waals surface area contributed by atoms with E-state index in [4.69, 9.17) is 0 Å². The van der Waals surface area contributed by atoms with E-state index in [1.165, 1.54) is 31.1 Å². The number of nitrogens with one attached hydrogen (secondary N) is 1. The number of amides is 1. The van der Waals surface area contributed by atoms with Crippen molar-refractivity contribution in [2.45, 2.75) is 12.8 Å². The summed E-state index contributed by atoms with van der Waals surface area (Å²) in [6.45, 7) is 1.88. The van der Waals surface area contributed by atoms with Crippen LogP contribution in [0.5, 0.6) is 5.75 Å². The summed E-state index contributed by atoms with van der Waals surface area (Å²) in [5, 5.41) is 2.67. The zero-order valence-electron chi connectivity index (χ0n) is 16.7. The van der Waals surface area contributed by atoms with Crippen molar-refractivity contribution in [3.63, 3.8) is 0 Å². The number of piperidine rings is 1. The number of alkyl halides is 3. The van der Waals surface area contributed by atoms with Gasteiger partial charge in [-0.3, -0.25) is 4.79 Å². The lowest BCUT2D eigenvalue weighted by atomic mass is 10.1. The van der Waals surface area contributed by atoms with Crippen molar-refractivity contribution in [3.8, 4) is 16.9 Å². The maximum absolute atomic E-state index is 12.8. The molecular formula is C22H18F3N5O2. The molecule has 32 heavy (non-hydrogen) atoms. The summed E-state index contributed by atoms with van der Waals surface area (Å²) in [7, 11) is 0. The minimum absolute atomic E-state index is 0.313. The van der Waals surface area contributed by atoms with E-state index in [9.17, 15) is 18.0 Å². The summed E-state index contributed by atoms with van der Waals surface area (Å²) < 4.78 is 40.8. The predicted molar refractivity (Wildman–Crippen MR) is 110 cm³/mol. The van der Waals surface area contributed by atoms with E-state index in [1.807, 2.05) is 0 Å². The van der Waals surface area contributed by atoms with Gasteiger partial charge in [0.05, 0.1) is 5.56 Å². The molecule has 2 fully saturated rings. The van der Waals surface area contributed by atoms with Crippen LogP contribution in [0, 0.1) is 11.8 Å². The Hall–Kier alpha value is -3.69. The van der Waals surface area contributed by atoms with Crippen LogP contribution in [-0.4, -0.2) is 40.3 Å². The third kappa shape index (κ3) is 4.34. The van der Waals surface area contributed by atoms with Crippen molar-refractivity contribution in [2.75, 3.05) is 23.3 Å². The maximum Gasteiger partial charge on any atom is 0.573 e. The highest BCUT2D eigenvalue weighted by molar-refractivity contribution is 6.05. The lowest BCUT2D eigenvalue weighted by molar-refractivity contribution is -0.274. The van der Waals surface area contributed by atoms with Gasteiger partial charge < -0.3 is 15.0 Å². The van der Waals surface area contributed by atoms with Crippen LogP contribution in [0.1, 0.15) is 16.8 Å². The molecule has 7 nitrogen and oxygen atoms in total. The van der Waals surface area contributed by atoms with Gasteiger partial charge in [0, 0.05) is 48.5 Å². The van der Waals surface area contributed by atoms with E-state index in [1.54, 1.807) is 18.5 Å². The third-order valence-electron chi connectivity index (χ3n) is 5.62. The molecule has 1 amide bonds. The lowest BCUT2D eigenvalue weighted by Crippen LogP contribution is -2.24. The molecular weight excluding hydrogens is 423 g/mol. The highest BCUT2D eigenvalue weighted by Gasteiger charge is 2.46. The minimum Gasteiger partial charge on any atom is -0.406 e. The molecule has 164 valence electrons.